The number of benzene rings is 1. The molecule has 1 amide bonds. The summed E-state index contributed by atoms with van der Waals surface area (Å²) in [5.41, 5.74) is 1.12. The van der Waals surface area contributed by atoms with Crippen LogP contribution in [0.2, 0.25) is 0 Å². The summed E-state index contributed by atoms with van der Waals surface area (Å²) in [7, 11) is -1.73. The van der Waals surface area contributed by atoms with Gasteiger partial charge < -0.3 is 19.5 Å². The first-order valence-electron chi connectivity index (χ1n) is 10.9. The molecule has 35 heavy (non-hydrogen) atoms. The van der Waals surface area contributed by atoms with Crippen LogP contribution in [-0.4, -0.2) is 75.1 Å². The van der Waals surface area contributed by atoms with E-state index in [4.69, 9.17) is 14.2 Å². The van der Waals surface area contributed by atoms with Crippen molar-refractivity contribution in [2.45, 2.75) is 6.54 Å². The van der Waals surface area contributed by atoms with Crippen molar-refractivity contribution in [1.82, 2.24) is 19.3 Å². The fourth-order valence-corrected chi connectivity index (χ4v) is 4.06. The van der Waals surface area contributed by atoms with E-state index in [9.17, 15) is 13.2 Å². The van der Waals surface area contributed by atoms with Gasteiger partial charge in [0, 0.05) is 37.4 Å². The van der Waals surface area contributed by atoms with Crippen LogP contribution in [0, 0.1) is 0 Å². The smallest absolute Gasteiger partial charge is 0.281 e. The van der Waals surface area contributed by atoms with Gasteiger partial charge in [-0.1, -0.05) is 0 Å². The molecule has 0 fully saturated rings. The van der Waals surface area contributed by atoms with E-state index in [2.05, 4.69) is 25.0 Å². The predicted octanol–water partition coefficient (Wildman–Crippen LogP) is 0.551. The number of nitrogens with one attached hydrogen (secondary N) is 2. The molecular formula is C22H26N6O6S. The molecule has 1 aliphatic rings. The normalized spacial score (nSPS) is 13.5. The van der Waals surface area contributed by atoms with Crippen LogP contribution in [0.15, 0.2) is 41.7 Å². The highest BCUT2D eigenvalue weighted by atomic mass is 32.2. The Morgan fingerprint density at radius 3 is 2.86 bits per heavy atom. The molecule has 0 radical (unpaired) electrons. The van der Waals surface area contributed by atoms with Crippen molar-refractivity contribution < 1.29 is 27.4 Å². The number of hydrogen-bond donors (Lipinski definition) is 2. The van der Waals surface area contributed by atoms with Gasteiger partial charge in [0.25, 0.3) is 5.91 Å². The molecule has 13 heteroatoms. The number of ether oxygens (including phenoxy) is 3. The van der Waals surface area contributed by atoms with Crippen LogP contribution in [0.25, 0.3) is 10.9 Å². The third-order valence-electron chi connectivity index (χ3n) is 5.11. The average molecular weight is 503 g/mol. The summed E-state index contributed by atoms with van der Waals surface area (Å²) in [5.74, 6) is 1.21. The Hall–Kier alpha value is -3.55. The molecule has 0 bridgehead atoms. The van der Waals surface area contributed by atoms with E-state index in [0.717, 1.165) is 17.5 Å². The quantitative estimate of drug-likeness (QED) is 0.380. The number of nitrogens with zero attached hydrogens (tertiary/aromatic N) is 4. The van der Waals surface area contributed by atoms with E-state index in [-0.39, 0.29) is 32.0 Å². The molecule has 12 nitrogen and oxygen atoms in total. The molecule has 4 rings (SSSR count). The Morgan fingerprint density at radius 2 is 2.11 bits per heavy atom. The number of anilines is 1. The first kappa shape index (κ1) is 24.6. The lowest BCUT2D eigenvalue weighted by molar-refractivity contribution is 0.0996. The number of hydrogen-bond acceptors (Lipinski definition) is 9. The molecule has 2 N–H and O–H groups in total. The Balaban J connectivity index is 1.57. The van der Waals surface area contributed by atoms with Gasteiger partial charge in [0.05, 0.1) is 32.1 Å². The second-order valence-corrected chi connectivity index (χ2v) is 9.45. The van der Waals surface area contributed by atoms with E-state index >= 15 is 0 Å². The minimum Gasteiger partial charge on any atom is -0.491 e. The fraction of sp³-hybridized carbons (Fsp3) is 0.364. The lowest BCUT2D eigenvalue weighted by atomic mass is 10.2. The van der Waals surface area contributed by atoms with Crippen molar-refractivity contribution in [3.63, 3.8) is 0 Å². The monoisotopic (exact) mass is 502 g/mol. The number of pyridine rings is 1. The lowest BCUT2D eigenvalue weighted by Gasteiger charge is -2.15. The van der Waals surface area contributed by atoms with Crippen LogP contribution < -0.4 is 25.1 Å². The first-order chi connectivity index (χ1) is 16.9. The molecule has 0 aliphatic carbocycles. The molecule has 1 aliphatic heterocycles. The van der Waals surface area contributed by atoms with E-state index < -0.39 is 15.9 Å². The maximum atomic E-state index is 12.7. The molecule has 3 aromatic rings. The van der Waals surface area contributed by atoms with Gasteiger partial charge in [-0.05, 0) is 24.3 Å². The molecule has 3 heterocycles. The number of carbonyl (C=O) groups is 1. The van der Waals surface area contributed by atoms with Crippen LogP contribution in [0.1, 0.15) is 10.4 Å². The molecule has 0 spiro atoms. The zero-order valence-corrected chi connectivity index (χ0v) is 20.2. The second kappa shape index (κ2) is 10.8. The zero-order chi connectivity index (χ0) is 24.8. The van der Waals surface area contributed by atoms with Gasteiger partial charge in [0.1, 0.15) is 17.9 Å². The standard InChI is InChI=1S/C22H26N6O6S/c1-32-19-17(34-13-12-33-11-9-25-35(2,30)31)6-5-16-18(19)26-22(28-10-8-24-20(16)28)27-21(29)15-4-3-7-23-14-15/h3-7,14,24-25H,8-13H2,1-2H3. The second-order valence-electron chi connectivity index (χ2n) is 7.62. The van der Waals surface area contributed by atoms with Gasteiger partial charge in [-0.25, -0.2) is 18.1 Å². The van der Waals surface area contributed by atoms with Gasteiger partial charge in [-0.3, -0.25) is 14.3 Å². The Bertz CT molecular complexity index is 1390. The van der Waals surface area contributed by atoms with E-state index in [0.29, 0.717) is 35.7 Å². The minimum absolute atomic E-state index is 0.182. The fourth-order valence-electron chi connectivity index (χ4n) is 3.60. The van der Waals surface area contributed by atoms with Crippen molar-refractivity contribution in [3.8, 4) is 11.5 Å². The number of methoxy groups -OCH3 is 1. The topological polar surface area (TPSA) is 146 Å². The van der Waals surface area contributed by atoms with Crippen LogP contribution in [0.4, 0.5) is 5.82 Å². The van der Waals surface area contributed by atoms with Crippen molar-refractivity contribution in [3.05, 3.63) is 47.8 Å². The van der Waals surface area contributed by atoms with Gasteiger partial charge >= 0.3 is 0 Å². The number of sulfonamides is 1. The van der Waals surface area contributed by atoms with Crippen molar-refractivity contribution in [2.24, 2.45) is 4.99 Å². The van der Waals surface area contributed by atoms with Gasteiger partial charge in [-0.15, -0.1) is 0 Å². The Morgan fingerprint density at radius 1 is 1.26 bits per heavy atom. The minimum atomic E-state index is -3.24. The van der Waals surface area contributed by atoms with Crippen LogP contribution in [-0.2, 0) is 21.3 Å². The third-order valence-corrected chi connectivity index (χ3v) is 5.84. The Kier molecular flexibility index (Phi) is 7.58. The molecule has 1 aromatic carbocycles. The van der Waals surface area contributed by atoms with E-state index in [1.54, 1.807) is 24.4 Å². The van der Waals surface area contributed by atoms with Gasteiger partial charge in [-0.2, -0.15) is 4.99 Å². The van der Waals surface area contributed by atoms with Gasteiger partial charge in [0.2, 0.25) is 15.6 Å². The van der Waals surface area contributed by atoms with Crippen LogP contribution >= 0.6 is 0 Å². The highest BCUT2D eigenvalue weighted by molar-refractivity contribution is 7.88. The summed E-state index contributed by atoms with van der Waals surface area (Å²) in [6, 6.07) is 6.98. The molecule has 0 saturated heterocycles. The molecule has 186 valence electrons. The predicted molar refractivity (Wildman–Crippen MR) is 128 cm³/mol. The van der Waals surface area contributed by atoms with Crippen molar-refractivity contribution in [1.29, 1.82) is 0 Å². The summed E-state index contributed by atoms with van der Waals surface area (Å²) >= 11 is 0. The number of aromatic nitrogens is 3. The van der Waals surface area contributed by atoms with E-state index in [1.807, 2.05) is 10.6 Å². The van der Waals surface area contributed by atoms with Crippen LogP contribution in [0.5, 0.6) is 11.5 Å². The number of amides is 1. The summed E-state index contributed by atoms with van der Waals surface area (Å²) in [6.45, 7) is 2.16. The SMILES string of the molecule is COc1c(OCCOCCNS(C)(=O)=O)ccc2c3n(c(=NC(=O)c4cccnc4)nc12)CCN3. The average Bonchev–Trinajstić information content (AvgIpc) is 3.33. The van der Waals surface area contributed by atoms with Crippen LogP contribution in [0.3, 0.4) is 0 Å². The van der Waals surface area contributed by atoms with E-state index in [1.165, 1.54) is 13.3 Å². The number of fused-ring (bicyclic) bond motifs is 3. The number of rotatable bonds is 10. The molecule has 2 aromatic heterocycles. The molecular weight excluding hydrogens is 476 g/mol. The Labute approximate surface area is 202 Å². The molecule has 0 atom stereocenters. The maximum Gasteiger partial charge on any atom is 0.281 e. The highest BCUT2D eigenvalue weighted by Crippen LogP contribution is 2.37. The summed E-state index contributed by atoms with van der Waals surface area (Å²) < 4.78 is 43.2. The van der Waals surface area contributed by atoms with Crippen molar-refractivity contribution >= 4 is 32.7 Å². The molecule has 0 unspecified atom stereocenters. The summed E-state index contributed by atoms with van der Waals surface area (Å²) in [4.78, 5) is 25.6. The zero-order valence-electron chi connectivity index (χ0n) is 19.4. The summed E-state index contributed by atoms with van der Waals surface area (Å²) in [5, 5.41) is 4.13. The van der Waals surface area contributed by atoms with Crippen molar-refractivity contribution in [2.75, 3.05) is 51.6 Å². The lowest BCUT2D eigenvalue weighted by Crippen LogP contribution is -2.26. The maximum absolute atomic E-state index is 12.7. The largest absolute Gasteiger partial charge is 0.491 e. The first-order valence-corrected chi connectivity index (χ1v) is 12.8. The third kappa shape index (κ3) is 5.93. The van der Waals surface area contributed by atoms with Gasteiger partial charge in [0.15, 0.2) is 11.5 Å². The molecule has 0 saturated carbocycles. The number of carbonyl (C=O) groups excluding carboxylic acids is 1. The summed E-state index contributed by atoms with van der Waals surface area (Å²) in [6.07, 6.45) is 4.14. The highest BCUT2D eigenvalue weighted by Gasteiger charge is 2.20.